The number of benzene rings is 3. The second-order valence-corrected chi connectivity index (χ2v) is 7.90. The van der Waals surface area contributed by atoms with Gasteiger partial charge >= 0.3 is 0 Å². The molecule has 1 N–H and O–H groups in total. The van der Waals surface area contributed by atoms with Crippen molar-refractivity contribution in [2.45, 2.75) is 13.8 Å². The molecule has 6 heteroatoms. The van der Waals surface area contributed by atoms with Crippen molar-refractivity contribution in [3.05, 3.63) is 95.9 Å². The van der Waals surface area contributed by atoms with Gasteiger partial charge in [0.2, 0.25) is 0 Å². The highest BCUT2D eigenvalue weighted by Crippen LogP contribution is 2.31. The molecule has 0 saturated heterocycles. The number of nitriles is 1. The number of hydrogen-bond acceptors (Lipinski definition) is 4. The first kappa shape index (κ1) is 21.2. The van der Waals surface area contributed by atoms with Gasteiger partial charge in [0.25, 0.3) is 0 Å². The van der Waals surface area contributed by atoms with Crippen LogP contribution in [0.3, 0.4) is 0 Å². The van der Waals surface area contributed by atoms with E-state index in [0.717, 1.165) is 44.9 Å². The van der Waals surface area contributed by atoms with Gasteiger partial charge in [-0.25, -0.2) is 9.67 Å². The minimum absolute atomic E-state index is 0.439. The second kappa shape index (κ2) is 9.08. The third kappa shape index (κ3) is 4.07. The van der Waals surface area contributed by atoms with Crippen LogP contribution in [0, 0.1) is 18.3 Å². The predicted octanol–water partition coefficient (Wildman–Crippen LogP) is 6.19. The zero-order valence-electron chi connectivity index (χ0n) is 19.0. The highest BCUT2D eigenvalue weighted by molar-refractivity contribution is 5.92. The molecule has 2 heterocycles. The molecule has 0 amide bonds. The summed E-state index contributed by atoms with van der Waals surface area (Å²) in [4.78, 5) is 7.86. The van der Waals surface area contributed by atoms with Crippen molar-refractivity contribution in [1.82, 2.24) is 19.7 Å². The topological polar surface area (TPSA) is 79.5 Å². The van der Waals surface area contributed by atoms with Gasteiger partial charge in [-0.15, -0.1) is 0 Å². The molecule has 3 aromatic carbocycles. The van der Waals surface area contributed by atoms with Crippen LogP contribution >= 0.6 is 0 Å². The molecule has 0 unspecified atom stereocenters. The molecule has 0 radical (unpaired) electrons. The number of ether oxygens (including phenoxy) is 1. The van der Waals surface area contributed by atoms with Crippen LogP contribution in [0.2, 0.25) is 0 Å². The van der Waals surface area contributed by atoms with Crippen molar-refractivity contribution in [2.75, 3.05) is 6.61 Å². The van der Waals surface area contributed by atoms with E-state index in [2.05, 4.69) is 16.0 Å². The molecule has 0 aliphatic carbocycles. The highest BCUT2D eigenvalue weighted by Gasteiger charge is 2.16. The van der Waals surface area contributed by atoms with Crippen LogP contribution in [0.25, 0.3) is 39.6 Å². The summed E-state index contributed by atoms with van der Waals surface area (Å²) in [5.41, 5.74) is 6.72. The molecule has 0 fully saturated rings. The highest BCUT2D eigenvalue weighted by atomic mass is 16.5. The predicted molar refractivity (Wildman–Crippen MR) is 134 cm³/mol. The van der Waals surface area contributed by atoms with E-state index in [-0.39, 0.29) is 0 Å². The maximum atomic E-state index is 9.98. The van der Waals surface area contributed by atoms with E-state index in [1.807, 2.05) is 104 Å². The molecule has 0 aliphatic heterocycles. The number of para-hydroxylation sites is 3. The van der Waals surface area contributed by atoms with Crippen LogP contribution in [0.5, 0.6) is 5.75 Å². The van der Waals surface area contributed by atoms with Crippen LogP contribution in [-0.2, 0) is 0 Å². The summed E-state index contributed by atoms with van der Waals surface area (Å²) in [5.74, 6) is 1.36. The van der Waals surface area contributed by atoms with Gasteiger partial charge in [0, 0.05) is 17.3 Å². The second-order valence-electron chi connectivity index (χ2n) is 7.90. The van der Waals surface area contributed by atoms with Crippen molar-refractivity contribution in [3.8, 4) is 28.8 Å². The van der Waals surface area contributed by atoms with E-state index < -0.39 is 0 Å². The number of nitrogens with one attached hydrogen (secondary N) is 1. The molecule has 0 aliphatic rings. The summed E-state index contributed by atoms with van der Waals surface area (Å²) >= 11 is 0. The SMILES string of the molecule is CCOc1ccc(-c2nn(-c3ccccc3)cc2/C=C(\C#N)c2nc3ccccc3[nH]2)c(C)c1. The Morgan fingerprint density at radius 1 is 1.09 bits per heavy atom. The largest absolute Gasteiger partial charge is 0.494 e. The molecule has 5 aromatic rings. The molecule has 0 bridgehead atoms. The smallest absolute Gasteiger partial charge is 0.149 e. The standard InChI is InChI=1S/C28H23N5O/c1-3-34-23-13-14-24(19(2)15-23)27-21(18-33(32-27)22-9-5-4-6-10-22)16-20(17-29)28-30-25-11-7-8-12-26(25)31-28/h4-16,18H,3H2,1-2H3,(H,30,31)/b20-16+. The Morgan fingerprint density at radius 3 is 2.62 bits per heavy atom. The summed E-state index contributed by atoms with van der Waals surface area (Å²) in [6, 6.07) is 26.0. The lowest BCUT2D eigenvalue weighted by atomic mass is 10.0. The summed E-state index contributed by atoms with van der Waals surface area (Å²) in [6.45, 7) is 4.62. The first-order chi connectivity index (χ1) is 16.7. The average Bonchev–Trinajstić information content (AvgIpc) is 3.48. The first-order valence-corrected chi connectivity index (χ1v) is 11.1. The third-order valence-corrected chi connectivity index (χ3v) is 5.59. The molecule has 166 valence electrons. The number of H-pyrrole nitrogens is 1. The lowest BCUT2D eigenvalue weighted by molar-refractivity contribution is 0.340. The molecule has 0 spiro atoms. The first-order valence-electron chi connectivity index (χ1n) is 11.1. The van der Waals surface area contributed by atoms with Crippen molar-refractivity contribution in [1.29, 1.82) is 5.26 Å². The zero-order chi connectivity index (χ0) is 23.5. The van der Waals surface area contributed by atoms with Gasteiger partial charge in [0.15, 0.2) is 0 Å². The van der Waals surface area contributed by atoms with Gasteiger partial charge in [-0.3, -0.25) is 0 Å². The van der Waals surface area contributed by atoms with Crippen molar-refractivity contribution < 1.29 is 4.74 Å². The zero-order valence-corrected chi connectivity index (χ0v) is 19.0. The molecule has 6 nitrogen and oxygen atoms in total. The Labute approximate surface area is 197 Å². The minimum atomic E-state index is 0.439. The van der Waals surface area contributed by atoms with Crippen LogP contribution < -0.4 is 4.74 Å². The fourth-order valence-corrected chi connectivity index (χ4v) is 3.96. The lowest BCUT2D eigenvalue weighted by Gasteiger charge is -2.08. The van der Waals surface area contributed by atoms with Gasteiger partial charge in [-0.1, -0.05) is 30.3 Å². The van der Waals surface area contributed by atoms with Gasteiger partial charge in [-0.05, 0) is 68.0 Å². The van der Waals surface area contributed by atoms with Gasteiger partial charge < -0.3 is 9.72 Å². The number of aryl methyl sites for hydroxylation is 1. The third-order valence-electron chi connectivity index (χ3n) is 5.59. The van der Waals surface area contributed by atoms with E-state index in [1.54, 1.807) is 0 Å². The van der Waals surface area contributed by atoms with E-state index in [1.165, 1.54) is 0 Å². The number of aromatic amines is 1. The lowest BCUT2D eigenvalue weighted by Crippen LogP contribution is -1.95. The number of nitrogens with zero attached hydrogens (tertiary/aromatic N) is 4. The van der Waals surface area contributed by atoms with Gasteiger partial charge in [-0.2, -0.15) is 10.4 Å². The average molecular weight is 446 g/mol. The maximum Gasteiger partial charge on any atom is 0.149 e. The molecular weight excluding hydrogens is 422 g/mol. The van der Waals surface area contributed by atoms with Crippen LogP contribution in [0.1, 0.15) is 23.9 Å². The Kier molecular flexibility index (Phi) is 5.67. The molecule has 0 saturated carbocycles. The minimum Gasteiger partial charge on any atom is -0.494 e. The Bertz CT molecular complexity index is 1500. The van der Waals surface area contributed by atoms with Crippen LogP contribution in [-0.4, -0.2) is 26.4 Å². The van der Waals surface area contributed by atoms with Gasteiger partial charge in [0.1, 0.15) is 23.3 Å². The fraction of sp³-hybridized carbons (Fsp3) is 0.107. The number of rotatable bonds is 6. The molecule has 5 rings (SSSR count). The molecular formula is C28H23N5O. The number of allylic oxidation sites excluding steroid dienone is 1. The van der Waals surface area contributed by atoms with E-state index >= 15 is 0 Å². The van der Waals surface area contributed by atoms with Crippen LogP contribution in [0.4, 0.5) is 0 Å². The Morgan fingerprint density at radius 2 is 1.88 bits per heavy atom. The molecule has 2 aromatic heterocycles. The fourth-order valence-electron chi connectivity index (χ4n) is 3.96. The Balaban J connectivity index is 1.66. The van der Waals surface area contributed by atoms with Gasteiger partial charge in [0.05, 0.1) is 28.9 Å². The summed E-state index contributed by atoms with van der Waals surface area (Å²) in [6.07, 6.45) is 3.79. The van der Waals surface area contributed by atoms with Crippen molar-refractivity contribution >= 4 is 22.7 Å². The monoisotopic (exact) mass is 445 g/mol. The van der Waals surface area contributed by atoms with E-state index in [9.17, 15) is 5.26 Å². The summed E-state index contributed by atoms with van der Waals surface area (Å²) < 4.78 is 7.50. The maximum absolute atomic E-state index is 9.98. The Hall–Kier alpha value is -4.63. The summed E-state index contributed by atoms with van der Waals surface area (Å²) in [5, 5.41) is 14.9. The number of hydrogen-bond donors (Lipinski definition) is 1. The van der Waals surface area contributed by atoms with Crippen molar-refractivity contribution in [2.24, 2.45) is 0 Å². The summed E-state index contributed by atoms with van der Waals surface area (Å²) in [7, 11) is 0. The molecule has 34 heavy (non-hydrogen) atoms. The number of imidazole rings is 1. The number of aromatic nitrogens is 4. The van der Waals surface area contributed by atoms with Crippen molar-refractivity contribution in [3.63, 3.8) is 0 Å². The van der Waals surface area contributed by atoms with E-state index in [0.29, 0.717) is 18.0 Å². The normalized spacial score (nSPS) is 11.5. The van der Waals surface area contributed by atoms with Crippen LogP contribution in [0.15, 0.2) is 79.0 Å². The number of fused-ring (bicyclic) bond motifs is 1. The molecule has 0 atom stereocenters. The van der Waals surface area contributed by atoms with E-state index in [4.69, 9.17) is 9.84 Å². The quantitative estimate of drug-likeness (QED) is 0.316.